The van der Waals surface area contributed by atoms with E-state index in [1.807, 2.05) is 60.7 Å². The summed E-state index contributed by atoms with van der Waals surface area (Å²) in [7, 11) is -5.45. The molecule has 10 nitrogen and oxygen atoms in total. The summed E-state index contributed by atoms with van der Waals surface area (Å²) in [4.78, 5) is 25.0. The lowest BCUT2D eigenvalue weighted by Crippen LogP contribution is -2.51. The molecule has 0 aromatic heterocycles. The molecule has 43 heavy (non-hydrogen) atoms. The van der Waals surface area contributed by atoms with Crippen LogP contribution in [0.25, 0.3) is 0 Å². The Kier molecular flexibility index (Phi) is 13.7. The Morgan fingerprint density at radius 3 is 1.88 bits per heavy atom. The molecule has 1 atom stereocenters. The molecule has 12 heteroatoms. The van der Waals surface area contributed by atoms with Crippen LogP contribution >= 0.6 is 0 Å². The second kappa shape index (κ2) is 17.4. The quantitative estimate of drug-likeness (QED) is 0.152. The lowest BCUT2D eigenvalue weighted by atomic mass is 9.75. The van der Waals surface area contributed by atoms with Crippen LogP contribution in [0.4, 0.5) is 4.79 Å². The third-order valence-electron chi connectivity index (χ3n) is 7.24. The van der Waals surface area contributed by atoms with Crippen LogP contribution in [0.1, 0.15) is 55.6 Å². The van der Waals surface area contributed by atoms with E-state index in [4.69, 9.17) is 14.9 Å². The maximum Gasteiger partial charge on any atom is 0.549 e. The second-order valence-corrected chi connectivity index (χ2v) is 11.8. The van der Waals surface area contributed by atoms with E-state index in [1.165, 1.54) is 12.1 Å². The van der Waals surface area contributed by atoms with Crippen molar-refractivity contribution in [2.75, 3.05) is 13.1 Å². The van der Waals surface area contributed by atoms with Crippen molar-refractivity contribution in [1.82, 2.24) is 10.6 Å². The number of hydrogen-bond donors (Lipinski definition) is 5. The summed E-state index contributed by atoms with van der Waals surface area (Å²) in [6.07, 6.45) is 4.09. The first-order valence-corrected chi connectivity index (χ1v) is 15.9. The maximum absolute atomic E-state index is 12.5. The van der Waals surface area contributed by atoms with Gasteiger partial charge in [-0.25, -0.2) is 4.79 Å². The first kappa shape index (κ1) is 33.8. The van der Waals surface area contributed by atoms with Gasteiger partial charge in [-0.3, -0.25) is 9.35 Å². The highest BCUT2D eigenvalue weighted by molar-refractivity contribution is 7.85. The Labute approximate surface area is 253 Å². The first-order chi connectivity index (χ1) is 20.7. The van der Waals surface area contributed by atoms with Gasteiger partial charge in [0.05, 0.1) is 10.8 Å². The fraction of sp³-hybridized carbons (Fsp3) is 0.355. The number of nitrogens with one attached hydrogen (secondary N) is 2. The summed E-state index contributed by atoms with van der Waals surface area (Å²) < 4.78 is 34.5. The minimum Gasteiger partial charge on any atom is -0.491 e. The number of carbonyl (C=O) groups is 2. The molecule has 0 radical (unpaired) electrons. The normalized spacial score (nSPS) is 13.9. The molecule has 4 rings (SSSR count). The van der Waals surface area contributed by atoms with Crippen LogP contribution in [0, 0.1) is 5.92 Å². The first-order valence-electron chi connectivity index (χ1n) is 14.4. The number of benzene rings is 3. The van der Waals surface area contributed by atoms with Crippen molar-refractivity contribution in [2.45, 2.75) is 55.3 Å². The van der Waals surface area contributed by atoms with Gasteiger partial charge < -0.3 is 26.0 Å². The minimum atomic E-state index is -4.00. The van der Waals surface area contributed by atoms with E-state index < -0.39 is 29.3 Å². The van der Waals surface area contributed by atoms with Gasteiger partial charge in [-0.2, -0.15) is 8.42 Å². The lowest BCUT2D eigenvalue weighted by Gasteiger charge is -2.23. The second-order valence-electron chi connectivity index (χ2n) is 10.4. The van der Waals surface area contributed by atoms with Gasteiger partial charge in [0.15, 0.2) is 0 Å². The molecular formula is C31H40BN3O7S. The highest BCUT2D eigenvalue weighted by Gasteiger charge is 2.34. The van der Waals surface area contributed by atoms with E-state index in [1.54, 1.807) is 18.2 Å². The molecular weight excluding hydrogens is 569 g/mol. The fourth-order valence-electron chi connectivity index (χ4n) is 4.92. The molecule has 6 N–H and O–H groups in total. The van der Waals surface area contributed by atoms with Crippen molar-refractivity contribution in [3.63, 3.8) is 0 Å². The fourth-order valence-corrected chi connectivity index (χ4v) is 5.42. The van der Waals surface area contributed by atoms with Crippen molar-refractivity contribution >= 4 is 29.2 Å². The zero-order valence-corrected chi connectivity index (χ0v) is 24.9. The summed E-state index contributed by atoms with van der Waals surface area (Å²) in [6, 6.07) is 27.2. The molecule has 230 valence electrons. The molecule has 3 aromatic carbocycles. The van der Waals surface area contributed by atoms with Crippen LogP contribution in [0.15, 0.2) is 95.9 Å². The van der Waals surface area contributed by atoms with Crippen molar-refractivity contribution < 1.29 is 32.2 Å². The van der Waals surface area contributed by atoms with Crippen molar-refractivity contribution in [3.05, 3.63) is 102 Å². The summed E-state index contributed by atoms with van der Waals surface area (Å²) in [5.41, 5.74) is 7.74. The predicted molar refractivity (Wildman–Crippen MR) is 166 cm³/mol. The van der Waals surface area contributed by atoms with Gasteiger partial charge >= 0.3 is 13.2 Å². The molecule has 0 spiro atoms. The van der Waals surface area contributed by atoms with Crippen LogP contribution in [0.2, 0.25) is 0 Å². The summed E-state index contributed by atoms with van der Waals surface area (Å²) >= 11 is 0. The molecule has 0 heterocycles. The molecule has 1 aliphatic carbocycles. The highest BCUT2D eigenvalue weighted by Crippen LogP contribution is 2.25. The highest BCUT2D eigenvalue weighted by atomic mass is 32.2. The molecule has 1 unspecified atom stereocenters. The molecule has 0 bridgehead atoms. The van der Waals surface area contributed by atoms with E-state index in [0.717, 1.165) is 36.8 Å². The maximum atomic E-state index is 12.5. The largest absolute Gasteiger partial charge is 0.549 e. The van der Waals surface area contributed by atoms with Gasteiger partial charge in [0, 0.05) is 18.4 Å². The van der Waals surface area contributed by atoms with Crippen LogP contribution < -0.4 is 16.4 Å². The third kappa shape index (κ3) is 11.5. The van der Waals surface area contributed by atoms with Crippen LogP contribution in [-0.2, 0) is 19.6 Å². The zero-order chi connectivity index (χ0) is 31.1. The van der Waals surface area contributed by atoms with E-state index in [2.05, 4.69) is 10.6 Å². The Balaban J connectivity index is 0.000000428. The van der Waals surface area contributed by atoms with Gasteiger partial charge in [0.25, 0.3) is 10.1 Å². The molecule has 1 aliphatic rings. The number of rotatable bonds is 12. The average molecular weight is 610 g/mol. The van der Waals surface area contributed by atoms with Gasteiger partial charge in [-0.15, -0.1) is 0 Å². The van der Waals surface area contributed by atoms with E-state index in [0.29, 0.717) is 25.9 Å². The molecule has 3 aromatic rings. The van der Waals surface area contributed by atoms with Crippen LogP contribution in [-0.4, -0.2) is 56.1 Å². The third-order valence-corrected chi connectivity index (χ3v) is 8.11. The predicted octanol–water partition coefficient (Wildman–Crippen LogP) is 3.91. The number of hydrogen-bond acceptors (Lipinski definition) is 7. The summed E-state index contributed by atoms with van der Waals surface area (Å²) in [5, 5.41) is 16.2. The Morgan fingerprint density at radius 1 is 0.907 bits per heavy atom. The van der Waals surface area contributed by atoms with Crippen molar-refractivity contribution in [3.8, 4) is 0 Å². The van der Waals surface area contributed by atoms with Crippen molar-refractivity contribution in [2.24, 2.45) is 11.7 Å². The molecule has 2 amide bonds. The van der Waals surface area contributed by atoms with Gasteiger partial charge in [-0.1, -0.05) is 91.7 Å². The number of amides is 2. The van der Waals surface area contributed by atoms with E-state index in [-0.39, 0.29) is 22.6 Å². The van der Waals surface area contributed by atoms with Gasteiger partial charge in [-0.05, 0) is 55.5 Å². The monoisotopic (exact) mass is 609 g/mol. The van der Waals surface area contributed by atoms with Crippen LogP contribution in [0.5, 0.6) is 0 Å². The smallest absolute Gasteiger partial charge is 0.491 e. The standard InChI is InChI=1S/C25H34BN3O4.C6H6O3S/c27-17-9-16-23(29-24(30)21-14-7-8-15-21)26(32)33-25(31)28-18-22(19-10-3-1-4-11-19)20-12-5-2-6-13-20;7-10(8,9)6-4-2-1-3-5-6/h1-6,10-13,21-23,32H,7-9,14-18,27H2,(H,28,31)(H,29,30);1-5H,(H,7,8,9). The summed E-state index contributed by atoms with van der Waals surface area (Å²) in [5.74, 6) is -0.881. The number of carbonyl (C=O) groups excluding carboxylic acids is 2. The van der Waals surface area contributed by atoms with Gasteiger partial charge in [0.2, 0.25) is 5.91 Å². The van der Waals surface area contributed by atoms with Gasteiger partial charge in [0.1, 0.15) is 0 Å². The molecule has 1 saturated carbocycles. The number of nitrogens with two attached hydrogens (primary N) is 1. The van der Waals surface area contributed by atoms with Crippen molar-refractivity contribution in [1.29, 1.82) is 0 Å². The van der Waals surface area contributed by atoms with Crippen LogP contribution in [0.3, 0.4) is 0 Å². The molecule has 0 saturated heterocycles. The molecule has 1 fully saturated rings. The average Bonchev–Trinajstić information content (AvgIpc) is 3.56. The summed E-state index contributed by atoms with van der Waals surface area (Å²) in [6.45, 7) is 0.728. The Morgan fingerprint density at radius 2 is 1.42 bits per heavy atom. The Hall–Kier alpha value is -3.71. The SMILES string of the molecule is NCCCC(NC(=O)C1CCCC1)B(O)OC(=O)NCC(c1ccccc1)c1ccccc1.O=S(=O)(O)c1ccccc1. The Bertz CT molecular complexity index is 1320. The zero-order valence-electron chi connectivity index (χ0n) is 24.0. The minimum absolute atomic E-state index is 0.0380. The lowest BCUT2D eigenvalue weighted by molar-refractivity contribution is -0.125. The molecule has 0 aliphatic heterocycles. The van der Waals surface area contributed by atoms with E-state index in [9.17, 15) is 23.0 Å². The topological polar surface area (TPSA) is 168 Å². The van der Waals surface area contributed by atoms with E-state index >= 15 is 0 Å².